The van der Waals surface area contributed by atoms with Gasteiger partial charge >= 0.3 is 0 Å². The van der Waals surface area contributed by atoms with Crippen LogP contribution in [0, 0.1) is 11.8 Å². The minimum atomic E-state index is 0.662. The summed E-state index contributed by atoms with van der Waals surface area (Å²) in [4.78, 5) is 2.62. The fourth-order valence-electron chi connectivity index (χ4n) is 3.52. The summed E-state index contributed by atoms with van der Waals surface area (Å²) in [6.45, 7) is 11.1. The highest BCUT2D eigenvalue weighted by molar-refractivity contribution is 5.54. The van der Waals surface area contributed by atoms with Gasteiger partial charge in [-0.15, -0.1) is 0 Å². The van der Waals surface area contributed by atoms with Crippen molar-refractivity contribution in [3.63, 3.8) is 0 Å². The summed E-state index contributed by atoms with van der Waals surface area (Å²) in [6.07, 6.45) is 3.68. The summed E-state index contributed by atoms with van der Waals surface area (Å²) >= 11 is 0. The summed E-state index contributed by atoms with van der Waals surface area (Å²) in [7, 11) is 0. The molecule has 1 heterocycles. The number of hydrogen-bond acceptors (Lipinski definition) is 3. The van der Waals surface area contributed by atoms with Crippen molar-refractivity contribution in [3.05, 3.63) is 23.8 Å². The minimum absolute atomic E-state index is 0.662. The molecule has 2 rings (SSSR count). The number of likely N-dealkylation sites (tertiary alicyclic amines) is 1. The molecule has 1 aromatic rings. The molecule has 1 aliphatic rings. The van der Waals surface area contributed by atoms with Gasteiger partial charge in [0.25, 0.3) is 0 Å². The average Bonchev–Trinajstić information content (AvgIpc) is 2.41. The average molecular weight is 290 g/mol. The molecule has 2 unspecified atom stereocenters. The fourth-order valence-corrected chi connectivity index (χ4v) is 3.52. The number of rotatable bonds is 6. The molecule has 21 heavy (non-hydrogen) atoms. The highest BCUT2D eigenvalue weighted by Gasteiger charge is 2.20. The lowest BCUT2D eigenvalue weighted by atomic mass is 9.92. The Bertz CT molecular complexity index is 437. The lowest BCUT2D eigenvalue weighted by molar-refractivity contribution is 0.140. The second kappa shape index (κ2) is 7.69. The van der Waals surface area contributed by atoms with E-state index < -0.39 is 0 Å². The van der Waals surface area contributed by atoms with Crippen molar-refractivity contribution in [2.75, 3.05) is 32.0 Å². The monoisotopic (exact) mass is 290 g/mol. The third-order valence-electron chi connectivity index (χ3n) is 4.26. The molecule has 1 saturated heterocycles. The van der Waals surface area contributed by atoms with Gasteiger partial charge in [-0.3, -0.25) is 0 Å². The van der Waals surface area contributed by atoms with E-state index in [9.17, 15) is 0 Å². The molecule has 0 amide bonds. The Hall–Kier alpha value is -1.22. The van der Waals surface area contributed by atoms with Gasteiger partial charge in [-0.2, -0.15) is 0 Å². The van der Waals surface area contributed by atoms with Gasteiger partial charge in [0.05, 0.1) is 12.3 Å². The number of piperidine rings is 1. The van der Waals surface area contributed by atoms with Crippen LogP contribution in [-0.2, 0) is 6.42 Å². The molecule has 1 aliphatic heterocycles. The van der Waals surface area contributed by atoms with E-state index in [2.05, 4.69) is 30.9 Å². The predicted octanol–water partition coefficient (Wildman–Crippen LogP) is 3.58. The van der Waals surface area contributed by atoms with Crippen LogP contribution >= 0.6 is 0 Å². The molecule has 0 aromatic heterocycles. The van der Waals surface area contributed by atoms with Crippen LogP contribution in [0.2, 0.25) is 0 Å². The Morgan fingerprint density at radius 3 is 2.57 bits per heavy atom. The molecule has 0 radical (unpaired) electrons. The van der Waals surface area contributed by atoms with E-state index in [1.807, 2.05) is 13.0 Å². The Labute approximate surface area is 129 Å². The van der Waals surface area contributed by atoms with Crippen LogP contribution in [0.5, 0.6) is 5.75 Å². The highest BCUT2D eigenvalue weighted by atomic mass is 16.5. The lowest BCUT2D eigenvalue weighted by Gasteiger charge is -2.34. The molecule has 2 atom stereocenters. The minimum Gasteiger partial charge on any atom is -0.492 e. The van der Waals surface area contributed by atoms with Crippen LogP contribution in [0.25, 0.3) is 0 Å². The van der Waals surface area contributed by atoms with Crippen LogP contribution in [0.4, 0.5) is 5.69 Å². The van der Waals surface area contributed by atoms with Crippen molar-refractivity contribution in [3.8, 4) is 5.75 Å². The molecule has 0 saturated carbocycles. The number of benzene rings is 1. The van der Waals surface area contributed by atoms with E-state index in [4.69, 9.17) is 10.5 Å². The van der Waals surface area contributed by atoms with Gasteiger partial charge in [0, 0.05) is 13.1 Å². The highest BCUT2D eigenvalue weighted by Crippen LogP contribution is 2.24. The normalized spacial score (nSPS) is 23.2. The van der Waals surface area contributed by atoms with Crippen molar-refractivity contribution in [1.29, 1.82) is 0 Å². The van der Waals surface area contributed by atoms with E-state index in [0.29, 0.717) is 6.61 Å². The Morgan fingerprint density at radius 2 is 1.95 bits per heavy atom. The van der Waals surface area contributed by atoms with Crippen molar-refractivity contribution in [1.82, 2.24) is 4.90 Å². The first-order chi connectivity index (χ1) is 10.1. The van der Waals surface area contributed by atoms with Crippen LogP contribution in [-0.4, -0.2) is 31.1 Å². The van der Waals surface area contributed by atoms with Crippen LogP contribution < -0.4 is 10.5 Å². The number of anilines is 1. The van der Waals surface area contributed by atoms with E-state index >= 15 is 0 Å². The number of nitrogen functional groups attached to an aromatic ring is 1. The standard InChI is InChI=1S/C18H30N2O/c1-4-21-18-8-7-16(11-17(18)19)6-5-9-20-12-14(2)10-15(3)13-20/h7-8,11,14-15H,4-6,9-10,12-13,19H2,1-3H3. The van der Waals surface area contributed by atoms with Crippen LogP contribution in [0.3, 0.4) is 0 Å². The first-order valence-electron chi connectivity index (χ1n) is 8.32. The van der Waals surface area contributed by atoms with Crippen molar-refractivity contribution in [2.45, 2.75) is 40.0 Å². The number of hydrogen-bond donors (Lipinski definition) is 1. The number of nitrogens with two attached hydrogens (primary N) is 1. The SMILES string of the molecule is CCOc1ccc(CCCN2CC(C)CC(C)C2)cc1N. The summed E-state index contributed by atoms with van der Waals surface area (Å²) in [6, 6.07) is 6.20. The van der Waals surface area contributed by atoms with Crippen LogP contribution in [0.1, 0.15) is 39.2 Å². The zero-order valence-electron chi connectivity index (χ0n) is 13.8. The zero-order valence-corrected chi connectivity index (χ0v) is 13.8. The van der Waals surface area contributed by atoms with Crippen LogP contribution in [0.15, 0.2) is 18.2 Å². The Balaban J connectivity index is 1.79. The molecule has 118 valence electrons. The van der Waals surface area contributed by atoms with Gasteiger partial charge in [0.1, 0.15) is 5.75 Å². The molecule has 0 bridgehead atoms. The predicted molar refractivity (Wildman–Crippen MR) is 89.7 cm³/mol. The molecule has 0 aliphatic carbocycles. The number of ether oxygens (including phenoxy) is 1. The molecule has 3 heteroatoms. The fraction of sp³-hybridized carbons (Fsp3) is 0.667. The molecule has 1 aromatic carbocycles. The van der Waals surface area contributed by atoms with E-state index in [0.717, 1.165) is 29.7 Å². The van der Waals surface area contributed by atoms with Gasteiger partial charge in [-0.05, 0) is 62.3 Å². The smallest absolute Gasteiger partial charge is 0.142 e. The summed E-state index contributed by atoms with van der Waals surface area (Å²) in [5.41, 5.74) is 8.10. The number of nitrogens with zero attached hydrogens (tertiary/aromatic N) is 1. The maximum Gasteiger partial charge on any atom is 0.142 e. The third-order valence-corrected chi connectivity index (χ3v) is 4.26. The summed E-state index contributed by atoms with van der Waals surface area (Å²) < 4.78 is 5.48. The lowest BCUT2D eigenvalue weighted by Crippen LogP contribution is -2.39. The van der Waals surface area contributed by atoms with Gasteiger partial charge in [-0.25, -0.2) is 0 Å². The quantitative estimate of drug-likeness (QED) is 0.814. The molecule has 1 fully saturated rings. The first kappa shape index (κ1) is 16.2. The van der Waals surface area contributed by atoms with Crippen molar-refractivity contribution in [2.24, 2.45) is 11.8 Å². The maximum atomic E-state index is 6.02. The van der Waals surface area contributed by atoms with Gasteiger partial charge in [-0.1, -0.05) is 19.9 Å². The molecule has 0 spiro atoms. The molecule has 3 nitrogen and oxygen atoms in total. The van der Waals surface area contributed by atoms with Crippen molar-refractivity contribution < 1.29 is 4.74 Å². The van der Waals surface area contributed by atoms with Gasteiger partial charge in [0.15, 0.2) is 0 Å². The summed E-state index contributed by atoms with van der Waals surface area (Å²) in [5.74, 6) is 2.49. The van der Waals surface area contributed by atoms with E-state index in [1.165, 1.54) is 38.0 Å². The second-order valence-corrected chi connectivity index (χ2v) is 6.61. The Morgan fingerprint density at radius 1 is 1.24 bits per heavy atom. The van der Waals surface area contributed by atoms with E-state index in [-0.39, 0.29) is 0 Å². The second-order valence-electron chi connectivity index (χ2n) is 6.61. The first-order valence-corrected chi connectivity index (χ1v) is 8.32. The molecule has 2 N–H and O–H groups in total. The third kappa shape index (κ3) is 4.92. The van der Waals surface area contributed by atoms with E-state index in [1.54, 1.807) is 0 Å². The van der Waals surface area contributed by atoms with Gasteiger partial charge in [0.2, 0.25) is 0 Å². The largest absolute Gasteiger partial charge is 0.492 e. The summed E-state index contributed by atoms with van der Waals surface area (Å²) in [5, 5.41) is 0. The zero-order chi connectivity index (χ0) is 15.2. The Kier molecular flexibility index (Phi) is 5.92. The molecular formula is C18H30N2O. The van der Waals surface area contributed by atoms with Gasteiger partial charge < -0.3 is 15.4 Å². The molecular weight excluding hydrogens is 260 g/mol. The maximum absolute atomic E-state index is 6.02. The topological polar surface area (TPSA) is 38.5 Å². The number of aryl methyl sites for hydroxylation is 1. The van der Waals surface area contributed by atoms with Crippen molar-refractivity contribution >= 4 is 5.69 Å².